The molecule has 150 valence electrons. The van der Waals surface area contributed by atoms with E-state index in [0.29, 0.717) is 25.6 Å². The van der Waals surface area contributed by atoms with Crippen molar-refractivity contribution in [2.45, 2.75) is 52.6 Å². The summed E-state index contributed by atoms with van der Waals surface area (Å²) in [6.45, 7) is 8.92. The molecule has 1 aliphatic rings. The van der Waals surface area contributed by atoms with Crippen molar-refractivity contribution >= 4 is 29.2 Å². The van der Waals surface area contributed by atoms with Crippen LogP contribution in [-0.4, -0.2) is 51.1 Å². The first kappa shape index (κ1) is 21.1. The Kier molecular flexibility index (Phi) is 6.80. The Morgan fingerprint density at radius 2 is 2.00 bits per heavy atom. The van der Waals surface area contributed by atoms with E-state index in [1.54, 1.807) is 4.90 Å². The lowest BCUT2D eigenvalue weighted by Crippen LogP contribution is -2.41. The maximum atomic E-state index is 12.1. The largest absolute Gasteiger partial charge is 0.444 e. The van der Waals surface area contributed by atoms with Crippen LogP contribution in [0.3, 0.4) is 0 Å². The van der Waals surface area contributed by atoms with Gasteiger partial charge in [0.25, 0.3) is 0 Å². The van der Waals surface area contributed by atoms with E-state index in [9.17, 15) is 14.9 Å². The lowest BCUT2D eigenvalue weighted by atomic mass is 9.94. The van der Waals surface area contributed by atoms with Gasteiger partial charge in [0.15, 0.2) is 0 Å². The number of amides is 1. The van der Waals surface area contributed by atoms with Crippen molar-refractivity contribution in [1.82, 2.24) is 14.9 Å². The molecule has 0 atom stereocenters. The van der Waals surface area contributed by atoms with Gasteiger partial charge in [0.05, 0.1) is 4.92 Å². The molecule has 9 nitrogen and oxygen atoms in total. The van der Waals surface area contributed by atoms with E-state index in [-0.39, 0.29) is 28.6 Å². The summed E-state index contributed by atoms with van der Waals surface area (Å²) in [6, 6.07) is 0. The molecular weight excluding hydrogens is 374 g/mol. The van der Waals surface area contributed by atoms with Crippen LogP contribution in [0.25, 0.3) is 0 Å². The Bertz CT molecular complexity index is 699. The summed E-state index contributed by atoms with van der Waals surface area (Å²) >= 11 is 5.81. The number of ether oxygens (including phenoxy) is 1. The zero-order chi connectivity index (χ0) is 20.2. The molecule has 0 aliphatic carbocycles. The van der Waals surface area contributed by atoms with E-state index in [1.807, 2.05) is 20.8 Å². The smallest absolute Gasteiger partial charge is 0.410 e. The Morgan fingerprint density at radius 1 is 1.37 bits per heavy atom. The molecule has 0 unspecified atom stereocenters. The van der Waals surface area contributed by atoms with Crippen LogP contribution >= 0.6 is 11.6 Å². The van der Waals surface area contributed by atoms with Gasteiger partial charge in [0.1, 0.15) is 11.3 Å². The first-order valence-corrected chi connectivity index (χ1v) is 9.35. The van der Waals surface area contributed by atoms with Crippen LogP contribution in [0, 0.1) is 23.0 Å². The third-order valence-corrected chi connectivity index (χ3v) is 4.49. The first-order valence-electron chi connectivity index (χ1n) is 8.97. The average molecular weight is 400 g/mol. The van der Waals surface area contributed by atoms with Crippen molar-refractivity contribution in [2.75, 3.05) is 25.0 Å². The molecular formula is C17H26ClN5O4. The molecule has 0 bridgehead atoms. The van der Waals surface area contributed by atoms with Gasteiger partial charge in [-0.25, -0.2) is 9.78 Å². The summed E-state index contributed by atoms with van der Waals surface area (Å²) in [4.78, 5) is 32.3. The fraction of sp³-hybridized carbons (Fsp3) is 0.706. The van der Waals surface area contributed by atoms with Crippen molar-refractivity contribution in [1.29, 1.82) is 0 Å². The Morgan fingerprint density at radius 3 is 2.56 bits per heavy atom. The monoisotopic (exact) mass is 399 g/mol. The highest BCUT2D eigenvalue weighted by Gasteiger charge is 2.27. The second-order valence-corrected chi connectivity index (χ2v) is 8.00. The zero-order valence-corrected chi connectivity index (χ0v) is 16.9. The van der Waals surface area contributed by atoms with Gasteiger partial charge in [-0.1, -0.05) is 0 Å². The van der Waals surface area contributed by atoms with Crippen LogP contribution in [0.5, 0.6) is 0 Å². The highest BCUT2D eigenvalue weighted by Crippen LogP contribution is 2.27. The molecule has 2 rings (SSSR count). The van der Waals surface area contributed by atoms with Crippen LogP contribution < -0.4 is 5.32 Å². The molecule has 1 N–H and O–H groups in total. The second kappa shape index (κ2) is 8.69. The molecule has 1 saturated heterocycles. The molecule has 2 heterocycles. The number of hydrogen-bond donors (Lipinski definition) is 1. The zero-order valence-electron chi connectivity index (χ0n) is 16.1. The summed E-state index contributed by atoms with van der Waals surface area (Å²) in [5.41, 5.74) is -0.420. The molecule has 1 aliphatic heterocycles. The SMILES string of the molecule is Cc1nc(Cl)nc(NCCC2CCN(C(=O)OC(C)(C)C)CC2)c1[N+](=O)[O-]. The van der Waals surface area contributed by atoms with Gasteiger partial charge in [-0.05, 0) is 64.5 Å². The molecule has 0 radical (unpaired) electrons. The molecule has 0 aromatic carbocycles. The fourth-order valence-corrected chi connectivity index (χ4v) is 3.21. The third kappa shape index (κ3) is 6.20. The number of nitrogens with one attached hydrogen (secondary N) is 1. The topological polar surface area (TPSA) is 110 Å². The number of aromatic nitrogens is 2. The van der Waals surface area contributed by atoms with Crippen molar-refractivity contribution in [3.05, 3.63) is 21.1 Å². The minimum Gasteiger partial charge on any atom is -0.444 e. The average Bonchev–Trinajstić information content (AvgIpc) is 2.52. The predicted molar refractivity (Wildman–Crippen MR) is 102 cm³/mol. The number of nitrogens with zero attached hydrogens (tertiary/aromatic N) is 4. The number of likely N-dealkylation sites (tertiary alicyclic amines) is 1. The molecule has 1 aromatic rings. The first-order chi connectivity index (χ1) is 12.6. The lowest BCUT2D eigenvalue weighted by molar-refractivity contribution is -0.385. The normalized spacial score (nSPS) is 15.5. The maximum absolute atomic E-state index is 12.1. The molecule has 1 aromatic heterocycles. The summed E-state index contributed by atoms with van der Waals surface area (Å²) in [5.74, 6) is 0.567. The summed E-state index contributed by atoms with van der Waals surface area (Å²) in [5, 5.41) is 14.2. The number of aryl methyl sites for hydroxylation is 1. The van der Waals surface area contributed by atoms with E-state index < -0.39 is 10.5 Å². The summed E-state index contributed by atoms with van der Waals surface area (Å²) < 4.78 is 5.39. The van der Waals surface area contributed by atoms with Crippen molar-refractivity contribution in [2.24, 2.45) is 5.92 Å². The van der Waals surface area contributed by atoms with Crippen molar-refractivity contribution < 1.29 is 14.5 Å². The quantitative estimate of drug-likeness (QED) is 0.455. The Balaban J connectivity index is 1.83. The third-order valence-electron chi connectivity index (χ3n) is 4.32. The van der Waals surface area contributed by atoms with Gasteiger partial charge < -0.3 is 15.0 Å². The molecule has 1 amide bonds. The van der Waals surface area contributed by atoms with Crippen LogP contribution in [-0.2, 0) is 4.74 Å². The van der Waals surface area contributed by atoms with E-state index >= 15 is 0 Å². The number of anilines is 1. The van der Waals surface area contributed by atoms with E-state index in [4.69, 9.17) is 16.3 Å². The standard InChI is InChI=1S/C17H26ClN5O4/c1-11-13(23(25)26)14(21-15(18)20-11)19-8-5-12-6-9-22(10-7-12)16(24)27-17(2,3)4/h12H,5-10H2,1-4H3,(H,19,20,21). The van der Waals surface area contributed by atoms with Gasteiger partial charge in [-0.3, -0.25) is 10.1 Å². The van der Waals surface area contributed by atoms with Crippen molar-refractivity contribution in [3.63, 3.8) is 0 Å². The Labute approximate surface area is 163 Å². The summed E-state index contributed by atoms with van der Waals surface area (Å²) in [6.07, 6.45) is 2.28. The van der Waals surface area contributed by atoms with Crippen molar-refractivity contribution in [3.8, 4) is 0 Å². The minimum atomic E-state index is -0.507. The van der Waals surface area contributed by atoms with Gasteiger partial charge in [-0.15, -0.1) is 0 Å². The number of nitro groups is 1. The van der Waals surface area contributed by atoms with E-state index in [2.05, 4.69) is 15.3 Å². The predicted octanol–water partition coefficient (Wildman–Crippen LogP) is 3.80. The number of carbonyl (C=O) groups is 1. The molecule has 1 fully saturated rings. The number of carbonyl (C=O) groups excluding carboxylic acids is 1. The van der Waals surface area contributed by atoms with Gasteiger partial charge in [0.2, 0.25) is 11.1 Å². The highest BCUT2D eigenvalue weighted by molar-refractivity contribution is 6.28. The molecule has 0 saturated carbocycles. The molecule has 0 spiro atoms. The van der Waals surface area contributed by atoms with Gasteiger partial charge in [0, 0.05) is 19.6 Å². The van der Waals surface area contributed by atoms with Crippen LogP contribution in [0.15, 0.2) is 0 Å². The maximum Gasteiger partial charge on any atom is 0.410 e. The number of rotatable bonds is 5. The van der Waals surface area contributed by atoms with E-state index in [1.165, 1.54) is 6.92 Å². The van der Waals surface area contributed by atoms with E-state index in [0.717, 1.165) is 19.3 Å². The molecule has 27 heavy (non-hydrogen) atoms. The number of hydrogen-bond acceptors (Lipinski definition) is 7. The lowest BCUT2D eigenvalue weighted by Gasteiger charge is -2.33. The number of halogens is 1. The number of piperidine rings is 1. The van der Waals surface area contributed by atoms with Crippen LogP contribution in [0.4, 0.5) is 16.3 Å². The summed E-state index contributed by atoms with van der Waals surface area (Å²) in [7, 11) is 0. The van der Waals surface area contributed by atoms with Gasteiger partial charge in [-0.2, -0.15) is 4.98 Å². The minimum absolute atomic E-state index is 0.0220. The fourth-order valence-electron chi connectivity index (χ4n) is 3.00. The van der Waals surface area contributed by atoms with Crippen LogP contribution in [0.2, 0.25) is 5.28 Å². The van der Waals surface area contributed by atoms with Gasteiger partial charge >= 0.3 is 11.8 Å². The highest BCUT2D eigenvalue weighted by atomic mass is 35.5. The Hall–Kier alpha value is -2.16. The van der Waals surface area contributed by atoms with Crippen LogP contribution in [0.1, 0.15) is 45.7 Å². The molecule has 10 heteroatoms. The second-order valence-electron chi connectivity index (χ2n) is 7.66.